The predicted molar refractivity (Wildman–Crippen MR) is 57.0 cm³/mol. The zero-order valence-corrected chi connectivity index (χ0v) is 8.86. The third-order valence-electron chi connectivity index (χ3n) is 1.96. The Hall–Kier alpha value is -1.17. The van der Waals surface area contributed by atoms with Crippen molar-refractivity contribution < 1.29 is 10.0 Å². The first-order chi connectivity index (χ1) is 7.07. The number of nitro benzene ring substituents is 1. The fourth-order valence-corrected chi connectivity index (χ4v) is 1.61. The van der Waals surface area contributed by atoms with Crippen LogP contribution in [0.15, 0.2) is 18.2 Å². The molecule has 0 aromatic heterocycles. The van der Waals surface area contributed by atoms with Crippen LogP contribution in [0.2, 0.25) is 5.02 Å². The molecular formula is C9H11ClN2O3. The minimum atomic E-state index is -0.982. The number of benzene rings is 1. The van der Waals surface area contributed by atoms with Gasteiger partial charge < -0.3 is 10.4 Å². The number of hydrogen-bond acceptors (Lipinski definition) is 4. The molecule has 1 aromatic carbocycles. The summed E-state index contributed by atoms with van der Waals surface area (Å²) in [6.07, 6.45) is -0.982. The Morgan fingerprint density at radius 1 is 1.67 bits per heavy atom. The van der Waals surface area contributed by atoms with Crippen molar-refractivity contribution in [3.63, 3.8) is 0 Å². The number of aliphatic hydroxyl groups is 1. The molecule has 15 heavy (non-hydrogen) atoms. The molecule has 6 heteroatoms. The van der Waals surface area contributed by atoms with E-state index in [4.69, 9.17) is 11.6 Å². The topological polar surface area (TPSA) is 75.4 Å². The first kappa shape index (κ1) is 11.9. The SMILES string of the molecule is CNCC(O)c1c(Cl)cccc1[N+](=O)[O-]. The van der Waals surface area contributed by atoms with Gasteiger partial charge in [-0.3, -0.25) is 10.1 Å². The van der Waals surface area contributed by atoms with Gasteiger partial charge in [0, 0.05) is 12.6 Å². The van der Waals surface area contributed by atoms with Gasteiger partial charge in [-0.15, -0.1) is 0 Å². The summed E-state index contributed by atoms with van der Waals surface area (Å²) in [6.45, 7) is 0.213. The van der Waals surface area contributed by atoms with Gasteiger partial charge in [0.1, 0.15) is 0 Å². The third-order valence-corrected chi connectivity index (χ3v) is 2.29. The molecule has 1 atom stereocenters. The van der Waals surface area contributed by atoms with Crippen molar-refractivity contribution in [1.82, 2.24) is 5.32 Å². The van der Waals surface area contributed by atoms with Crippen LogP contribution in [-0.2, 0) is 0 Å². The molecule has 0 aliphatic rings. The molecule has 0 aliphatic carbocycles. The molecule has 0 spiro atoms. The van der Waals surface area contributed by atoms with Gasteiger partial charge >= 0.3 is 0 Å². The average molecular weight is 231 g/mol. The monoisotopic (exact) mass is 230 g/mol. The molecule has 2 N–H and O–H groups in total. The standard InChI is InChI=1S/C9H11ClN2O3/c1-11-5-8(13)9-6(10)3-2-4-7(9)12(14)15/h2-4,8,11,13H,5H2,1H3. The van der Waals surface area contributed by atoms with E-state index >= 15 is 0 Å². The van der Waals surface area contributed by atoms with Gasteiger partial charge in [-0.1, -0.05) is 17.7 Å². The van der Waals surface area contributed by atoms with Crippen molar-refractivity contribution in [2.45, 2.75) is 6.10 Å². The molecule has 0 fully saturated rings. The molecule has 0 radical (unpaired) electrons. The van der Waals surface area contributed by atoms with Crippen LogP contribution in [0.4, 0.5) is 5.69 Å². The molecule has 0 bridgehead atoms. The number of likely N-dealkylation sites (N-methyl/N-ethyl adjacent to an activating group) is 1. The zero-order chi connectivity index (χ0) is 11.4. The highest BCUT2D eigenvalue weighted by atomic mass is 35.5. The van der Waals surface area contributed by atoms with E-state index in [0.717, 1.165) is 0 Å². The summed E-state index contributed by atoms with van der Waals surface area (Å²) in [5.74, 6) is 0. The molecule has 0 saturated heterocycles. The Morgan fingerprint density at radius 2 is 2.33 bits per heavy atom. The van der Waals surface area contributed by atoms with Crippen LogP contribution >= 0.6 is 11.6 Å². The maximum absolute atomic E-state index is 10.7. The number of halogens is 1. The number of nitrogens with one attached hydrogen (secondary N) is 1. The van der Waals surface area contributed by atoms with E-state index in [1.54, 1.807) is 7.05 Å². The van der Waals surface area contributed by atoms with E-state index in [9.17, 15) is 15.2 Å². The average Bonchev–Trinajstić information content (AvgIpc) is 2.17. The van der Waals surface area contributed by atoms with Crippen molar-refractivity contribution in [3.8, 4) is 0 Å². The van der Waals surface area contributed by atoms with Crippen molar-refractivity contribution in [2.75, 3.05) is 13.6 Å². The highest BCUT2D eigenvalue weighted by molar-refractivity contribution is 6.31. The van der Waals surface area contributed by atoms with Crippen LogP contribution in [-0.4, -0.2) is 23.6 Å². The van der Waals surface area contributed by atoms with Gasteiger partial charge in [0.2, 0.25) is 0 Å². The maximum atomic E-state index is 10.7. The van der Waals surface area contributed by atoms with Crippen molar-refractivity contribution >= 4 is 17.3 Å². The van der Waals surface area contributed by atoms with E-state index < -0.39 is 11.0 Å². The molecule has 1 unspecified atom stereocenters. The Balaban J connectivity index is 3.18. The summed E-state index contributed by atoms with van der Waals surface area (Å²) in [7, 11) is 1.64. The minimum Gasteiger partial charge on any atom is -0.387 e. The van der Waals surface area contributed by atoms with Gasteiger partial charge in [0.15, 0.2) is 0 Å². The lowest BCUT2D eigenvalue weighted by molar-refractivity contribution is -0.386. The van der Waals surface area contributed by atoms with E-state index in [0.29, 0.717) is 0 Å². The molecule has 5 nitrogen and oxygen atoms in total. The lowest BCUT2D eigenvalue weighted by Gasteiger charge is -2.11. The molecule has 0 saturated carbocycles. The van der Waals surface area contributed by atoms with Crippen LogP contribution in [0.1, 0.15) is 11.7 Å². The normalized spacial score (nSPS) is 12.5. The van der Waals surface area contributed by atoms with Crippen LogP contribution in [0, 0.1) is 10.1 Å². The Kier molecular flexibility index (Phi) is 4.02. The first-order valence-electron chi connectivity index (χ1n) is 4.33. The largest absolute Gasteiger partial charge is 0.387 e. The molecule has 0 aliphatic heterocycles. The summed E-state index contributed by atoms with van der Waals surface area (Å²) < 4.78 is 0. The number of rotatable bonds is 4. The maximum Gasteiger partial charge on any atom is 0.276 e. The summed E-state index contributed by atoms with van der Waals surface area (Å²) >= 11 is 5.81. The van der Waals surface area contributed by atoms with Crippen LogP contribution in [0.5, 0.6) is 0 Å². The quantitative estimate of drug-likeness (QED) is 0.607. The van der Waals surface area contributed by atoms with Crippen LogP contribution in [0.3, 0.4) is 0 Å². The van der Waals surface area contributed by atoms with E-state index in [1.807, 2.05) is 0 Å². The number of hydrogen-bond donors (Lipinski definition) is 2. The van der Waals surface area contributed by atoms with E-state index in [2.05, 4.69) is 5.32 Å². The second kappa shape index (κ2) is 5.06. The first-order valence-corrected chi connectivity index (χ1v) is 4.71. The number of nitro groups is 1. The summed E-state index contributed by atoms with van der Waals surface area (Å²) in [6, 6.07) is 4.32. The zero-order valence-electron chi connectivity index (χ0n) is 8.11. The second-order valence-corrected chi connectivity index (χ2v) is 3.41. The van der Waals surface area contributed by atoms with E-state index in [1.165, 1.54) is 18.2 Å². The van der Waals surface area contributed by atoms with Gasteiger partial charge in [0.05, 0.1) is 21.6 Å². The highest BCUT2D eigenvalue weighted by Crippen LogP contribution is 2.31. The van der Waals surface area contributed by atoms with Gasteiger partial charge in [-0.25, -0.2) is 0 Å². The highest BCUT2D eigenvalue weighted by Gasteiger charge is 2.22. The van der Waals surface area contributed by atoms with Crippen LogP contribution in [0.25, 0.3) is 0 Å². The predicted octanol–water partition coefficient (Wildman–Crippen LogP) is 1.50. The molecule has 1 aromatic rings. The molecule has 0 amide bonds. The fourth-order valence-electron chi connectivity index (χ4n) is 1.31. The van der Waals surface area contributed by atoms with Crippen molar-refractivity contribution in [1.29, 1.82) is 0 Å². The van der Waals surface area contributed by atoms with E-state index in [-0.39, 0.29) is 22.8 Å². The summed E-state index contributed by atoms with van der Waals surface area (Å²) in [5, 5.41) is 23.3. The Bertz CT molecular complexity index is 370. The van der Waals surface area contributed by atoms with Gasteiger partial charge in [-0.2, -0.15) is 0 Å². The van der Waals surface area contributed by atoms with Crippen molar-refractivity contribution in [2.24, 2.45) is 0 Å². The summed E-state index contributed by atoms with van der Waals surface area (Å²) in [4.78, 5) is 10.1. The number of aliphatic hydroxyl groups excluding tert-OH is 1. The lowest BCUT2D eigenvalue weighted by Crippen LogP contribution is -2.18. The van der Waals surface area contributed by atoms with Gasteiger partial charge in [0.25, 0.3) is 5.69 Å². The van der Waals surface area contributed by atoms with Crippen LogP contribution < -0.4 is 5.32 Å². The van der Waals surface area contributed by atoms with Crippen molar-refractivity contribution in [3.05, 3.63) is 38.9 Å². The number of nitrogens with zero attached hydrogens (tertiary/aromatic N) is 1. The molecule has 1 rings (SSSR count). The summed E-state index contributed by atoms with van der Waals surface area (Å²) in [5.41, 5.74) is -0.0104. The smallest absolute Gasteiger partial charge is 0.276 e. The molecular weight excluding hydrogens is 220 g/mol. The molecule has 0 heterocycles. The second-order valence-electron chi connectivity index (χ2n) is 3.00. The third kappa shape index (κ3) is 2.65. The molecule has 82 valence electrons. The van der Waals surface area contributed by atoms with Gasteiger partial charge in [-0.05, 0) is 13.1 Å². The minimum absolute atomic E-state index is 0.151. The fraction of sp³-hybridized carbons (Fsp3) is 0.333. The lowest BCUT2D eigenvalue weighted by atomic mass is 10.1. The Morgan fingerprint density at radius 3 is 2.87 bits per heavy atom. The Labute approximate surface area is 91.8 Å².